The fraction of sp³-hybridized carbons (Fsp3) is 0.308. The van der Waals surface area contributed by atoms with E-state index in [1.165, 1.54) is 12.3 Å². The molecule has 0 fully saturated rings. The first kappa shape index (κ1) is 15.4. The van der Waals surface area contributed by atoms with Crippen LogP contribution in [0.1, 0.15) is 17.3 Å². The van der Waals surface area contributed by atoms with E-state index in [1.54, 1.807) is 23.9 Å². The Hall–Kier alpha value is -0.950. The molecule has 4 nitrogen and oxygen atoms in total. The van der Waals surface area contributed by atoms with Gasteiger partial charge in [-0.05, 0) is 12.1 Å². The molecule has 7 heteroatoms. The predicted molar refractivity (Wildman–Crippen MR) is 79.2 cm³/mol. The molecule has 1 heterocycles. The lowest BCUT2D eigenvalue weighted by Crippen LogP contribution is -2.21. The van der Waals surface area contributed by atoms with E-state index in [9.17, 15) is 4.39 Å². The van der Waals surface area contributed by atoms with E-state index >= 15 is 0 Å². The van der Waals surface area contributed by atoms with Gasteiger partial charge in [0, 0.05) is 17.1 Å². The van der Waals surface area contributed by atoms with Crippen LogP contribution in [0, 0.1) is 5.82 Å². The molecule has 0 aliphatic rings. The van der Waals surface area contributed by atoms with Crippen molar-refractivity contribution in [3.05, 3.63) is 51.0 Å². The minimum absolute atomic E-state index is 0.355. The van der Waals surface area contributed by atoms with Gasteiger partial charge in [-0.25, -0.2) is 4.39 Å². The van der Waals surface area contributed by atoms with E-state index in [0.717, 1.165) is 0 Å². The number of halogens is 3. The first-order valence-electron chi connectivity index (χ1n) is 5.96. The van der Waals surface area contributed by atoms with Gasteiger partial charge in [0.1, 0.15) is 5.82 Å². The smallest absolute Gasteiger partial charge is 0.129 e. The van der Waals surface area contributed by atoms with E-state index < -0.39 is 6.04 Å². The Morgan fingerprint density at radius 2 is 2.30 bits per heavy atom. The summed E-state index contributed by atoms with van der Waals surface area (Å²) in [5.74, 6) is -0.387. The van der Waals surface area contributed by atoms with Crippen molar-refractivity contribution in [1.82, 2.24) is 9.78 Å². The van der Waals surface area contributed by atoms with Crippen LogP contribution in [0.25, 0.3) is 0 Å². The van der Waals surface area contributed by atoms with Crippen LogP contribution in [-0.2, 0) is 11.3 Å². The van der Waals surface area contributed by atoms with Crippen molar-refractivity contribution >= 4 is 27.5 Å². The number of ether oxygens (including phenoxy) is 1. The monoisotopic (exact) mass is 361 g/mol. The largest absolute Gasteiger partial charge is 0.383 e. The molecule has 2 aromatic rings. The first-order chi connectivity index (χ1) is 9.56. The number of nitrogens with zero attached hydrogens (tertiary/aromatic N) is 2. The van der Waals surface area contributed by atoms with Crippen molar-refractivity contribution in [1.29, 1.82) is 0 Å². The van der Waals surface area contributed by atoms with Crippen LogP contribution in [0.4, 0.5) is 4.39 Å². The number of hydrogen-bond donors (Lipinski definition) is 1. The summed E-state index contributed by atoms with van der Waals surface area (Å²) in [5, 5.41) is 4.55. The second-order valence-electron chi connectivity index (χ2n) is 4.21. The highest BCUT2D eigenvalue weighted by molar-refractivity contribution is 9.10. The summed E-state index contributed by atoms with van der Waals surface area (Å²) in [6.07, 6.45) is 1.50. The van der Waals surface area contributed by atoms with Gasteiger partial charge in [-0.3, -0.25) is 4.68 Å². The van der Waals surface area contributed by atoms with Gasteiger partial charge >= 0.3 is 0 Å². The number of hydrogen-bond acceptors (Lipinski definition) is 3. The molecule has 0 saturated carbocycles. The zero-order chi connectivity index (χ0) is 14.7. The summed E-state index contributed by atoms with van der Waals surface area (Å²) in [5.41, 5.74) is 7.10. The van der Waals surface area contributed by atoms with E-state index in [2.05, 4.69) is 21.0 Å². The maximum Gasteiger partial charge on any atom is 0.129 e. The van der Waals surface area contributed by atoms with E-state index in [0.29, 0.717) is 33.9 Å². The van der Waals surface area contributed by atoms with Crippen LogP contribution >= 0.6 is 27.5 Å². The van der Waals surface area contributed by atoms with Crippen molar-refractivity contribution < 1.29 is 9.13 Å². The first-order valence-corrected chi connectivity index (χ1v) is 7.13. The second-order valence-corrected chi connectivity index (χ2v) is 5.47. The van der Waals surface area contributed by atoms with E-state index in [4.69, 9.17) is 22.1 Å². The highest BCUT2D eigenvalue weighted by Gasteiger charge is 2.23. The molecule has 108 valence electrons. The van der Waals surface area contributed by atoms with Crippen molar-refractivity contribution in [2.75, 3.05) is 13.7 Å². The van der Waals surface area contributed by atoms with Gasteiger partial charge < -0.3 is 10.5 Å². The van der Waals surface area contributed by atoms with Crippen molar-refractivity contribution in [2.24, 2.45) is 5.73 Å². The molecule has 0 radical (unpaired) electrons. The molecule has 0 saturated heterocycles. The topological polar surface area (TPSA) is 53.1 Å². The molecular formula is C13H14BrClFN3O. The third-order valence-electron chi connectivity index (χ3n) is 2.95. The summed E-state index contributed by atoms with van der Waals surface area (Å²) in [7, 11) is 1.60. The lowest BCUT2D eigenvalue weighted by Gasteiger charge is -2.17. The highest BCUT2D eigenvalue weighted by atomic mass is 79.9. The van der Waals surface area contributed by atoms with Gasteiger partial charge in [0.25, 0.3) is 0 Å². The third-order valence-corrected chi connectivity index (χ3v) is 3.93. The van der Waals surface area contributed by atoms with Gasteiger partial charge in [0.05, 0.1) is 36.1 Å². The molecule has 0 aliphatic heterocycles. The normalized spacial score (nSPS) is 12.7. The highest BCUT2D eigenvalue weighted by Crippen LogP contribution is 2.32. The zero-order valence-corrected chi connectivity index (χ0v) is 13.2. The third kappa shape index (κ3) is 3.03. The molecule has 0 bridgehead atoms. The van der Waals surface area contributed by atoms with Crippen molar-refractivity contribution in [2.45, 2.75) is 12.6 Å². The van der Waals surface area contributed by atoms with Crippen LogP contribution in [0.15, 0.2) is 28.9 Å². The number of nitrogens with two attached hydrogens (primary N) is 1. The Bertz CT molecular complexity index is 585. The standard InChI is InChI=1S/C13H14BrClFN3O/c1-20-6-5-19-13(9(15)7-18-19)12(17)11-8(14)3-2-4-10(11)16/h2-4,7,12H,5-6,17H2,1H3. The molecule has 1 aromatic heterocycles. The van der Waals surface area contributed by atoms with Gasteiger partial charge in [-0.1, -0.05) is 33.6 Å². The average Bonchev–Trinajstić information content (AvgIpc) is 2.77. The summed E-state index contributed by atoms with van der Waals surface area (Å²) in [6, 6.07) is 4.00. The molecule has 1 unspecified atom stereocenters. The Kier molecular flexibility index (Phi) is 5.15. The van der Waals surface area contributed by atoms with Crippen LogP contribution in [0.3, 0.4) is 0 Å². The maximum absolute atomic E-state index is 14.0. The Morgan fingerprint density at radius 1 is 1.55 bits per heavy atom. The lowest BCUT2D eigenvalue weighted by molar-refractivity contribution is 0.182. The van der Waals surface area contributed by atoms with E-state index in [1.807, 2.05) is 0 Å². The molecule has 0 spiro atoms. The number of benzene rings is 1. The van der Waals surface area contributed by atoms with Crippen molar-refractivity contribution in [3.8, 4) is 0 Å². The van der Waals surface area contributed by atoms with E-state index in [-0.39, 0.29) is 5.82 Å². The SMILES string of the molecule is COCCn1ncc(Cl)c1C(N)c1c(F)cccc1Br. The minimum Gasteiger partial charge on any atom is -0.383 e. The molecule has 1 aromatic carbocycles. The summed E-state index contributed by atoms with van der Waals surface area (Å²) in [4.78, 5) is 0. The summed E-state index contributed by atoms with van der Waals surface area (Å²) >= 11 is 9.45. The molecule has 0 amide bonds. The minimum atomic E-state index is -0.711. The Labute approximate surface area is 129 Å². The quantitative estimate of drug-likeness (QED) is 0.889. The van der Waals surface area contributed by atoms with Gasteiger partial charge in [-0.15, -0.1) is 0 Å². The summed E-state index contributed by atoms with van der Waals surface area (Å²) < 4.78 is 21.2. The molecule has 0 aliphatic carbocycles. The summed E-state index contributed by atoms with van der Waals surface area (Å²) in [6.45, 7) is 0.967. The molecule has 2 N–H and O–H groups in total. The Balaban J connectivity index is 2.43. The second kappa shape index (κ2) is 6.67. The van der Waals surface area contributed by atoms with Crippen LogP contribution in [0.5, 0.6) is 0 Å². The molecular weight excluding hydrogens is 349 g/mol. The fourth-order valence-corrected chi connectivity index (χ4v) is 2.83. The lowest BCUT2D eigenvalue weighted by atomic mass is 10.0. The Morgan fingerprint density at radius 3 is 2.95 bits per heavy atom. The van der Waals surface area contributed by atoms with Crippen LogP contribution < -0.4 is 5.73 Å². The number of rotatable bonds is 5. The zero-order valence-electron chi connectivity index (χ0n) is 10.8. The van der Waals surface area contributed by atoms with Gasteiger partial charge in [0.2, 0.25) is 0 Å². The van der Waals surface area contributed by atoms with Gasteiger partial charge in [-0.2, -0.15) is 5.10 Å². The molecule has 20 heavy (non-hydrogen) atoms. The predicted octanol–water partition coefficient (Wildman–Crippen LogP) is 3.13. The maximum atomic E-state index is 14.0. The van der Waals surface area contributed by atoms with Crippen LogP contribution in [-0.4, -0.2) is 23.5 Å². The average molecular weight is 363 g/mol. The van der Waals surface area contributed by atoms with Gasteiger partial charge in [0.15, 0.2) is 0 Å². The van der Waals surface area contributed by atoms with Crippen LogP contribution in [0.2, 0.25) is 5.02 Å². The fourth-order valence-electron chi connectivity index (χ4n) is 1.98. The number of methoxy groups -OCH3 is 1. The van der Waals surface area contributed by atoms with Crippen molar-refractivity contribution in [3.63, 3.8) is 0 Å². The molecule has 2 rings (SSSR count). The molecule has 1 atom stereocenters. The number of aromatic nitrogens is 2.